The first-order valence-corrected chi connectivity index (χ1v) is 15.7. The van der Waals surface area contributed by atoms with E-state index in [1.54, 1.807) is 0 Å². The van der Waals surface area contributed by atoms with E-state index in [1.165, 1.54) is 65.4 Å². The molecule has 44 heavy (non-hydrogen) atoms. The van der Waals surface area contributed by atoms with Crippen molar-refractivity contribution in [1.29, 1.82) is 0 Å². The van der Waals surface area contributed by atoms with Gasteiger partial charge >= 0.3 is 0 Å². The standard InChI is InChI=1S/C40H32N4/c1-8-22-40(23-9-1)32-13-3-5-16-36(32)43(38-26-28(18-21-33(38)40)34-14-6-10-24-41-34)29-19-20-31-30-12-2-4-15-35(30)44(37(31)27-29)39-17-7-11-25-42-39/h2-7,10-21,24-27H,1,8-9,22-23H2. The zero-order valence-electron chi connectivity index (χ0n) is 24.5. The summed E-state index contributed by atoms with van der Waals surface area (Å²) in [5.74, 6) is 0.925. The summed E-state index contributed by atoms with van der Waals surface area (Å²) in [6, 6.07) is 44.1. The Kier molecular flexibility index (Phi) is 5.70. The number of anilines is 3. The van der Waals surface area contributed by atoms with Crippen molar-refractivity contribution >= 4 is 38.9 Å². The van der Waals surface area contributed by atoms with E-state index in [4.69, 9.17) is 9.97 Å². The summed E-state index contributed by atoms with van der Waals surface area (Å²) in [6.07, 6.45) is 9.94. The van der Waals surface area contributed by atoms with E-state index in [1.807, 2.05) is 24.5 Å². The van der Waals surface area contributed by atoms with Crippen molar-refractivity contribution < 1.29 is 0 Å². The number of fused-ring (bicyclic) bond motifs is 7. The fraction of sp³-hybridized carbons (Fsp3) is 0.150. The number of aromatic nitrogens is 3. The Morgan fingerprint density at radius 2 is 1.30 bits per heavy atom. The van der Waals surface area contributed by atoms with Crippen molar-refractivity contribution in [2.75, 3.05) is 4.90 Å². The van der Waals surface area contributed by atoms with E-state index >= 15 is 0 Å². The molecule has 0 N–H and O–H groups in total. The molecule has 0 bridgehead atoms. The third-order valence-electron chi connectivity index (χ3n) is 9.88. The summed E-state index contributed by atoms with van der Waals surface area (Å²) in [5.41, 5.74) is 11.0. The van der Waals surface area contributed by atoms with Crippen LogP contribution in [0.15, 0.2) is 134 Å². The normalized spacial score (nSPS) is 15.4. The molecule has 0 amide bonds. The predicted octanol–water partition coefficient (Wildman–Crippen LogP) is 10.3. The Morgan fingerprint density at radius 1 is 0.545 bits per heavy atom. The molecule has 0 unspecified atom stereocenters. The van der Waals surface area contributed by atoms with Crippen molar-refractivity contribution in [3.05, 3.63) is 145 Å². The molecule has 4 heteroatoms. The lowest BCUT2D eigenvalue weighted by molar-refractivity contribution is 0.344. The molecule has 1 aliphatic carbocycles. The van der Waals surface area contributed by atoms with E-state index in [0.717, 1.165) is 33.8 Å². The van der Waals surface area contributed by atoms with Crippen LogP contribution in [0.1, 0.15) is 43.2 Å². The average Bonchev–Trinajstić information content (AvgIpc) is 3.43. The largest absolute Gasteiger partial charge is 0.310 e. The second kappa shape index (κ2) is 9.92. The molecule has 9 rings (SSSR count). The minimum absolute atomic E-state index is 0.0241. The molecule has 4 aromatic carbocycles. The van der Waals surface area contributed by atoms with E-state index in [9.17, 15) is 0 Å². The van der Waals surface area contributed by atoms with Crippen LogP contribution in [0.4, 0.5) is 17.1 Å². The van der Waals surface area contributed by atoms with Gasteiger partial charge < -0.3 is 4.90 Å². The van der Waals surface area contributed by atoms with Crippen LogP contribution in [0.25, 0.3) is 38.9 Å². The number of para-hydroxylation sites is 2. The molecule has 4 nitrogen and oxygen atoms in total. The van der Waals surface area contributed by atoms with Crippen molar-refractivity contribution in [2.24, 2.45) is 0 Å². The van der Waals surface area contributed by atoms with Crippen LogP contribution in [0.3, 0.4) is 0 Å². The summed E-state index contributed by atoms with van der Waals surface area (Å²) >= 11 is 0. The molecule has 1 spiro atoms. The lowest BCUT2D eigenvalue weighted by atomic mass is 9.62. The molecule has 0 atom stereocenters. The fourth-order valence-electron chi connectivity index (χ4n) is 7.97. The maximum absolute atomic E-state index is 4.78. The number of pyridine rings is 2. The average molecular weight is 569 g/mol. The van der Waals surface area contributed by atoms with E-state index in [0.29, 0.717) is 0 Å². The Bertz CT molecular complexity index is 2160. The summed E-state index contributed by atoms with van der Waals surface area (Å²) in [6.45, 7) is 0. The Morgan fingerprint density at radius 3 is 2.14 bits per heavy atom. The highest BCUT2D eigenvalue weighted by Crippen LogP contribution is 2.58. The Labute approximate surface area is 257 Å². The second-order valence-corrected chi connectivity index (χ2v) is 12.2. The SMILES string of the molecule is c1ccc(-c2ccc3c(c2)N(c2ccc4c5ccccc5n(-c5ccccn5)c4c2)c2ccccc2C32CCCCC2)nc1. The first kappa shape index (κ1) is 25.3. The Hall–Kier alpha value is -5.22. The number of hydrogen-bond donors (Lipinski definition) is 0. The van der Waals surface area contributed by atoms with Crippen LogP contribution < -0.4 is 4.90 Å². The topological polar surface area (TPSA) is 34.0 Å². The number of hydrogen-bond acceptors (Lipinski definition) is 3. The third kappa shape index (κ3) is 3.70. The van der Waals surface area contributed by atoms with Crippen molar-refractivity contribution in [3.63, 3.8) is 0 Å². The molecule has 7 aromatic rings. The quantitative estimate of drug-likeness (QED) is 0.213. The van der Waals surface area contributed by atoms with Crippen molar-refractivity contribution in [2.45, 2.75) is 37.5 Å². The van der Waals surface area contributed by atoms with Crippen LogP contribution in [-0.4, -0.2) is 14.5 Å². The zero-order valence-corrected chi connectivity index (χ0v) is 24.5. The maximum atomic E-state index is 4.78. The first-order valence-electron chi connectivity index (χ1n) is 15.7. The monoisotopic (exact) mass is 568 g/mol. The van der Waals surface area contributed by atoms with Crippen molar-refractivity contribution in [1.82, 2.24) is 14.5 Å². The summed E-state index contributed by atoms with van der Waals surface area (Å²) < 4.78 is 2.30. The van der Waals surface area contributed by atoms with Gasteiger partial charge in [-0.2, -0.15) is 0 Å². The van der Waals surface area contributed by atoms with Gasteiger partial charge in [-0.3, -0.25) is 9.55 Å². The predicted molar refractivity (Wildman–Crippen MR) is 180 cm³/mol. The van der Waals surface area contributed by atoms with Gasteiger partial charge in [-0.05, 0) is 78.6 Å². The minimum atomic E-state index is 0.0241. The van der Waals surface area contributed by atoms with E-state index in [-0.39, 0.29) is 5.41 Å². The summed E-state index contributed by atoms with van der Waals surface area (Å²) in [4.78, 5) is 12.0. The van der Waals surface area contributed by atoms with Crippen LogP contribution in [0.5, 0.6) is 0 Å². The van der Waals surface area contributed by atoms with Crippen LogP contribution in [-0.2, 0) is 5.41 Å². The number of nitrogens with zero attached hydrogens (tertiary/aromatic N) is 4. The second-order valence-electron chi connectivity index (χ2n) is 12.2. The van der Waals surface area contributed by atoms with Gasteiger partial charge in [-0.1, -0.05) is 86.0 Å². The van der Waals surface area contributed by atoms with Gasteiger partial charge in [0.15, 0.2) is 0 Å². The summed E-state index contributed by atoms with van der Waals surface area (Å²) in [5, 5.41) is 2.46. The van der Waals surface area contributed by atoms with Gasteiger partial charge in [0.25, 0.3) is 0 Å². The molecule has 3 aromatic heterocycles. The lowest BCUT2D eigenvalue weighted by Crippen LogP contribution is -2.37. The molecule has 1 fully saturated rings. The molecular formula is C40H32N4. The smallest absolute Gasteiger partial charge is 0.137 e. The third-order valence-corrected chi connectivity index (χ3v) is 9.88. The molecule has 1 aliphatic heterocycles. The van der Waals surface area contributed by atoms with E-state index in [2.05, 4.69) is 119 Å². The maximum Gasteiger partial charge on any atom is 0.137 e. The highest BCUT2D eigenvalue weighted by Gasteiger charge is 2.44. The highest BCUT2D eigenvalue weighted by atomic mass is 15.2. The zero-order chi connectivity index (χ0) is 29.1. The van der Waals surface area contributed by atoms with Crippen LogP contribution in [0, 0.1) is 0 Å². The lowest BCUT2D eigenvalue weighted by Gasteiger charge is -2.47. The van der Waals surface area contributed by atoms with Gasteiger partial charge in [-0.25, -0.2) is 4.98 Å². The van der Waals surface area contributed by atoms with E-state index < -0.39 is 0 Å². The Balaban J connectivity index is 1.33. The molecule has 1 saturated carbocycles. The fourth-order valence-corrected chi connectivity index (χ4v) is 7.97. The van der Waals surface area contributed by atoms with Gasteiger partial charge in [0, 0.05) is 39.8 Å². The van der Waals surface area contributed by atoms with Gasteiger partial charge in [0.2, 0.25) is 0 Å². The van der Waals surface area contributed by atoms with Gasteiger partial charge in [0.1, 0.15) is 5.82 Å². The molecule has 0 saturated heterocycles. The number of rotatable bonds is 3. The molecule has 4 heterocycles. The molecule has 2 aliphatic rings. The van der Waals surface area contributed by atoms with Gasteiger partial charge in [-0.15, -0.1) is 0 Å². The molecular weight excluding hydrogens is 536 g/mol. The summed E-state index contributed by atoms with van der Waals surface area (Å²) in [7, 11) is 0. The number of benzene rings is 4. The highest BCUT2D eigenvalue weighted by molar-refractivity contribution is 6.10. The van der Waals surface area contributed by atoms with Crippen LogP contribution >= 0.6 is 0 Å². The first-order chi connectivity index (χ1) is 21.8. The molecule has 212 valence electrons. The van der Waals surface area contributed by atoms with Crippen molar-refractivity contribution in [3.8, 4) is 17.1 Å². The minimum Gasteiger partial charge on any atom is -0.310 e. The van der Waals surface area contributed by atoms with Crippen LogP contribution in [0.2, 0.25) is 0 Å². The van der Waals surface area contributed by atoms with Gasteiger partial charge in [0.05, 0.1) is 28.1 Å². The molecule has 0 radical (unpaired) electrons.